The predicted molar refractivity (Wildman–Crippen MR) is 44.9 cm³/mol. The Morgan fingerprint density at radius 3 is 2.70 bits per heavy atom. The zero-order valence-electron chi connectivity index (χ0n) is 5.44. The fraction of sp³-hybridized carbons (Fsp3) is 0.143. The van der Waals surface area contributed by atoms with E-state index in [4.69, 9.17) is 0 Å². The highest BCUT2D eigenvalue weighted by molar-refractivity contribution is 7.80. The Labute approximate surface area is 65.4 Å². The molecular formula is C7H8N2S. The van der Waals surface area contributed by atoms with Crippen LogP contribution >= 0.6 is 12.6 Å². The molecule has 52 valence electrons. The second-order valence-electron chi connectivity index (χ2n) is 1.76. The van der Waals surface area contributed by atoms with E-state index in [1.807, 2.05) is 12.2 Å². The molecule has 0 bridgehead atoms. The molecule has 3 heteroatoms. The molecule has 1 rings (SSSR count). The zero-order valence-corrected chi connectivity index (χ0v) is 6.33. The topological polar surface area (TPSA) is 25.8 Å². The van der Waals surface area contributed by atoms with Crippen LogP contribution < -0.4 is 0 Å². The normalized spacial score (nSPS) is 10.5. The minimum Gasteiger partial charge on any atom is -0.244 e. The van der Waals surface area contributed by atoms with E-state index in [-0.39, 0.29) is 0 Å². The fourth-order valence-corrected chi connectivity index (χ4v) is 0.691. The molecule has 0 spiro atoms. The van der Waals surface area contributed by atoms with Crippen LogP contribution in [0.3, 0.4) is 0 Å². The lowest BCUT2D eigenvalue weighted by Crippen LogP contribution is -1.77. The van der Waals surface area contributed by atoms with E-state index < -0.39 is 0 Å². The van der Waals surface area contributed by atoms with Crippen LogP contribution in [-0.4, -0.2) is 15.7 Å². The second-order valence-corrected chi connectivity index (χ2v) is 2.12. The first-order chi connectivity index (χ1) is 4.93. The highest BCUT2D eigenvalue weighted by Gasteiger charge is 1.81. The quantitative estimate of drug-likeness (QED) is 0.648. The SMILES string of the molecule is SCC=Cc1cncnc1. The van der Waals surface area contributed by atoms with Crippen LogP contribution in [0.2, 0.25) is 0 Å². The number of hydrogen-bond acceptors (Lipinski definition) is 3. The molecule has 0 amide bonds. The third-order valence-electron chi connectivity index (χ3n) is 0.996. The molecule has 0 saturated carbocycles. The van der Waals surface area contributed by atoms with Gasteiger partial charge in [0, 0.05) is 23.7 Å². The average molecular weight is 152 g/mol. The van der Waals surface area contributed by atoms with E-state index in [2.05, 4.69) is 22.6 Å². The van der Waals surface area contributed by atoms with Crippen molar-refractivity contribution < 1.29 is 0 Å². The van der Waals surface area contributed by atoms with Crippen LogP contribution in [0, 0.1) is 0 Å². The molecule has 0 N–H and O–H groups in total. The van der Waals surface area contributed by atoms with Crippen LogP contribution in [0.15, 0.2) is 24.8 Å². The Morgan fingerprint density at radius 2 is 2.10 bits per heavy atom. The van der Waals surface area contributed by atoms with Crippen LogP contribution in [0.1, 0.15) is 5.56 Å². The molecule has 1 heterocycles. The van der Waals surface area contributed by atoms with Crippen LogP contribution in [0.5, 0.6) is 0 Å². The van der Waals surface area contributed by atoms with Gasteiger partial charge >= 0.3 is 0 Å². The lowest BCUT2D eigenvalue weighted by Gasteiger charge is -1.86. The molecule has 0 aliphatic carbocycles. The molecule has 0 aliphatic heterocycles. The third-order valence-corrected chi connectivity index (χ3v) is 1.21. The standard InChI is InChI=1S/C7H8N2S/c10-3-1-2-7-4-8-6-9-5-7/h1-2,4-6,10H,3H2. The minimum atomic E-state index is 0.745. The molecule has 10 heavy (non-hydrogen) atoms. The molecule has 0 unspecified atom stereocenters. The van der Waals surface area contributed by atoms with Crippen molar-refractivity contribution in [1.29, 1.82) is 0 Å². The molecule has 0 fully saturated rings. The molecule has 0 aliphatic rings. The van der Waals surface area contributed by atoms with Crippen molar-refractivity contribution >= 4 is 18.7 Å². The van der Waals surface area contributed by atoms with Crippen molar-refractivity contribution in [2.24, 2.45) is 0 Å². The van der Waals surface area contributed by atoms with Crippen LogP contribution in [-0.2, 0) is 0 Å². The molecule has 1 aromatic heterocycles. The Balaban J connectivity index is 2.67. The molecule has 0 radical (unpaired) electrons. The minimum absolute atomic E-state index is 0.745. The van der Waals surface area contributed by atoms with Gasteiger partial charge in [0.2, 0.25) is 0 Å². The molecule has 0 saturated heterocycles. The molecular weight excluding hydrogens is 144 g/mol. The summed E-state index contributed by atoms with van der Waals surface area (Å²) in [7, 11) is 0. The summed E-state index contributed by atoms with van der Waals surface area (Å²) >= 11 is 4.02. The zero-order chi connectivity index (χ0) is 7.23. The number of thiol groups is 1. The van der Waals surface area contributed by atoms with Gasteiger partial charge in [-0.15, -0.1) is 0 Å². The van der Waals surface area contributed by atoms with Gasteiger partial charge in [-0.05, 0) is 0 Å². The van der Waals surface area contributed by atoms with Gasteiger partial charge in [-0.3, -0.25) is 0 Å². The van der Waals surface area contributed by atoms with Gasteiger partial charge in [-0.2, -0.15) is 12.6 Å². The summed E-state index contributed by atoms with van der Waals surface area (Å²) in [4.78, 5) is 7.70. The van der Waals surface area contributed by atoms with Gasteiger partial charge in [0.25, 0.3) is 0 Å². The first-order valence-corrected chi connectivity index (χ1v) is 3.59. The maximum Gasteiger partial charge on any atom is 0.115 e. The Kier molecular flexibility index (Phi) is 2.96. The van der Waals surface area contributed by atoms with Crippen LogP contribution in [0.25, 0.3) is 6.08 Å². The highest BCUT2D eigenvalue weighted by atomic mass is 32.1. The summed E-state index contributed by atoms with van der Waals surface area (Å²) < 4.78 is 0. The Morgan fingerprint density at radius 1 is 1.40 bits per heavy atom. The molecule has 2 nitrogen and oxygen atoms in total. The number of nitrogens with zero attached hydrogens (tertiary/aromatic N) is 2. The van der Waals surface area contributed by atoms with Crippen molar-refractivity contribution in [1.82, 2.24) is 9.97 Å². The highest BCUT2D eigenvalue weighted by Crippen LogP contribution is 1.95. The van der Waals surface area contributed by atoms with Gasteiger partial charge < -0.3 is 0 Å². The summed E-state index contributed by atoms with van der Waals surface area (Å²) in [6.45, 7) is 0. The monoisotopic (exact) mass is 152 g/mol. The second kappa shape index (κ2) is 4.06. The lowest BCUT2D eigenvalue weighted by molar-refractivity contribution is 1.16. The first-order valence-electron chi connectivity index (χ1n) is 2.96. The molecule has 1 aromatic rings. The average Bonchev–Trinajstić information content (AvgIpc) is 2.03. The summed E-state index contributed by atoms with van der Waals surface area (Å²) in [5.74, 6) is 0.745. The van der Waals surface area contributed by atoms with E-state index in [9.17, 15) is 0 Å². The Bertz CT molecular complexity index is 208. The predicted octanol–water partition coefficient (Wildman–Crippen LogP) is 1.42. The smallest absolute Gasteiger partial charge is 0.115 e. The molecule has 0 aromatic carbocycles. The number of aromatic nitrogens is 2. The summed E-state index contributed by atoms with van der Waals surface area (Å²) in [6, 6.07) is 0. The van der Waals surface area contributed by atoms with Crippen molar-refractivity contribution in [3.05, 3.63) is 30.4 Å². The van der Waals surface area contributed by atoms with Gasteiger partial charge in [-0.25, -0.2) is 9.97 Å². The molecule has 0 atom stereocenters. The number of rotatable bonds is 2. The number of hydrogen-bond donors (Lipinski definition) is 1. The maximum absolute atomic E-state index is 4.02. The van der Waals surface area contributed by atoms with Gasteiger partial charge in [0.15, 0.2) is 0 Å². The van der Waals surface area contributed by atoms with Crippen molar-refractivity contribution in [2.45, 2.75) is 0 Å². The van der Waals surface area contributed by atoms with Gasteiger partial charge in [0.1, 0.15) is 6.33 Å². The van der Waals surface area contributed by atoms with Crippen molar-refractivity contribution in [2.75, 3.05) is 5.75 Å². The van der Waals surface area contributed by atoms with E-state index in [0.29, 0.717) is 0 Å². The van der Waals surface area contributed by atoms with Crippen molar-refractivity contribution in [3.63, 3.8) is 0 Å². The lowest BCUT2D eigenvalue weighted by atomic mass is 10.3. The van der Waals surface area contributed by atoms with E-state index >= 15 is 0 Å². The van der Waals surface area contributed by atoms with E-state index in [1.54, 1.807) is 12.4 Å². The summed E-state index contributed by atoms with van der Waals surface area (Å²) in [6.07, 6.45) is 8.91. The van der Waals surface area contributed by atoms with E-state index in [1.165, 1.54) is 6.33 Å². The van der Waals surface area contributed by atoms with Gasteiger partial charge in [0.05, 0.1) is 0 Å². The van der Waals surface area contributed by atoms with Gasteiger partial charge in [-0.1, -0.05) is 12.2 Å². The largest absolute Gasteiger partial charge is 0.244 e. The fourth-order valence-electron chi connectivity index (χ4n) is 0.585. The van der Waals surface area contributed by atoms with Crippen molar-refractivity contribution in [3.8, 4) is 0 Å². The van der Waals surface area contributed by atoms with E-state index in [0.717, 1.165) is 11.3 Å². The van der Waals surface area contributed by atoms with Crippen LogP contribution in [0.4, 0.5) is 0 Å². The summed E-state index contributed by atoms with van der Waals surface area (Å²) in [5.41, 5.74) is 1.01. The summed E-state index contributed by atoms with van der Waals surface area (Å²) in [5, 5.41) is 0. The maximum atomic E-state index is 4.02. The first kappa shape index (κ1) is 7.28. The third kappa shape index (κ3) is 2.19. The Hall–Kier alpha value is -0.830.